The fourth-order valence-electron chi connectivity index (χ4n) is 3.72. The second-order valence-corrected chi connectivity index (χ2v) is 9.11. The van der Waals surface area contributed by atoms with Crippen LogP contribution in [0.1, 0.15) is 23.2 Å². The van der Waals surface area contributed by atoms with Crippen molar-refractivity contribution in [3.05, 3.63) is 83.7 Å². The van der Waals surface area contributed by atoms with Gasteiger partial charge in [0.1, 0.15) is 11.0 Å². The number of nitrogens with zero attached hydrogens (tertiary/aromatic N) is 3. The summed E-state index contributed by atoms with van der Waals surface area (Å²) >= 11 is 1.31. The second-order valence-electron chi connectivity index (χ2n) is 7.94. The highest BCUT2D eigenvalue weighted by Gasteiger charge is 2.39. The largest absolute Gasteiger partial charge is 0.495 e. The number of amidine groups is 1. The number of anilines is 1. The number of ether oxygens (including phenoxy) is 1. The van der Waals surface area contributed by atoms with Crippen LogP contribution in [0.3, 0.4) is 0 Å². The predicted molar refractivity (Wildman–Crippen MR) is 135 cm³/mol. The maximum atomic E-state index is 13.4. The maximum absolute atomic E-state index is 13.4. The van der Waals surface area contributed by atoms with Crippen molar-refractivity contribution >= 4 is 40.1 Å². The van der Waals surface area contributed by atoms with Gasteiger partial charge in [0.05, 0.1) is 30.7 Å². The van der Waals surface area contributed by atoms with Crippen molar-refractivity contribution in [3.63, 3.8) is 0 Å². The molecule has 2 heterocycles. The van der Waals surface area contributed by atoms with Gasteiger partial charge >= 0.3 is 0 Å². The molecule has 8 heteroatoms. The molecule has 1 N–H and O–H groups in total. The number of aryl methyl sites for hydroxylation is 2. The Morgan fingerprint density at radius 1 is 1.09 bits per heavy atom. The van der Waals surface area contributed by atoms with E-state index in [2.05, 4.69) is 10.3 Å². The zero-order valence-corrected chi connectivity index (χ0v) is 20.1. The summed E-state index contributed by atoms with van der Waals surface area (Å²) in [4.78, 5) is 37.0. The number of rotatable bonds is 7. The average molecular weight is 475 g/mol. The molecule has 1 aromatic heterocycles. The maximum Gasteiger partial charge on any atom is 0.243 e. The third-order valence-electron chi connectivity index (χ3n) is 5.47. The molecule has 1 atom stereocenters. The van der Waals surface area contributed by atoms with E-state index in [-0.39, 0.29) is 18.2 Å². The highest BCUT2D eigenvalue weighted by atomic mass is 32.2. The van der Waals surface area contributed by atoms with Gasteiger partial charge in [-0.05, 0) is 49.2 Å². The van der Waals surface area contributed by atoms with Crippen LogP contribution in [0, 0.1) is 13.8 Å². The lowest BCUT2D eigenvalue weighted by atomic mass is 10.1. The number of amides is 2. The number of aliphatic imine (C=N–C) groups is 1. The summed E-state index contributed by atoms with van der Waals surface area (Å²) in [5.74, 6) is 0.146. The van der Waals surface area contributed by atoms with Crippen LogP contribution in [-0.4, -0.2) is 39.2 Å². The van der Waals surface area contributed by atoms with Crippen LogP contribution in [-0.2, 0) is 16.1 Å². The van der Waals surface area contributed by atoms with E-state index < -0.39 is 5.25 Å². The van der Waals surface area contributed by atoms with Crippen molar-refractivity contribution in [3.8, 4) is 5.75 Å². The molecule has 0 spiro atoms. The Bertz CT molecular complexity index is 1210. The molecule has 174 valence electrons. The van der Waals surface area contributed by atoms with E-state index >= 15 is 0 Å². The van der Waals surface area contributed by atoms with Gasteiger partial charge in [0.15, 0.2) is 5.17 Å². The van der Waals surface area contributed by atoms with Crippen molar-refractivity contribution in [2.45, 2.75) is 32.1 Å². The Labute approximate surface area is 203 Å². The molecule has 1 unspecified atom stereocenters. The summed E-state index contributed by atoms with van der Waals surface area (Å²) in [6, 6.07) is 18.8. The Morgan fingerprint density at radius 2 is 1.82 bits per heavy atom. The van der Waals surface area contributed by atoms with Gasteiger partial charge in [0, 0.05) is 12.6 Å². The van der Waals surface area contributed by atoms with E-state index in [0.717, 1.165) is 22.5 Å². The number of aromatic nitrogens is 1. The van der Waals surface area contributed by atoms with E-state index in [9.17, 15) is 9.59 Å². The highest BCUT2D eigenvalue weighted by Crippen LogP contribution is 2.35. The molecule has 7 nitrogen and oxygen atoms in total. The molecule has 1 fully saturated rings. The normalized spacial score (nSPS) is 16.7. The number of nitrogens with one attached hydrogen (secondary N) is 1. The Morgan fingerprint density at radius 3 is 2.53 bits per heavy atom. The number of carbonyl (C=O) groups excluding carboxylic acids is 2. The fraction of sp³-hybridized carbons (Fsp3) is 0.231. The van der Waals surface area contributed by atoms with Gasteiger partial charge in [-0.15, -0.1) is 0 Å². The number of hydrogen-bond acceptors (Lipinski definition) is 6. The molecule has 0 radical (unpaired) electrons. The standard InChI is InChI=1S/C26H26N4O3S/c1-17-9-8-10-18(2)24(17)29-26-30(16-19-11-6-7-14-27-19)25(32)22(34-26)15-23(31)28-20-12-4-5-13-21(20)33-3/h4-14,22H,15-16H2,1-3H3,(H,28,31). The minimum Gasteiger partial charge on any atom is -0.495 e. The van der Waals surface area contributed by atoms with Crippen LogP contribution in [0.2, 0.25) is 0 Å². The van der Waals surface area contributed by atoms with E-state index in [4.69, 9.17) is 9.73 Å². The number of hydrogen-bond donors (Lipinski definition) is 1. The molecule has 4 rings (SSSR count). The van der Waals surface area contributed by atoms with Gasteiger partial charge < -0.3 is 10.1 Å². The molecular weight excluding hydrogens is 448 g/mol. The summed E-state index contributed by atoms with van der Waals surface area (Å²) in [5, 5.41) is 2.85. The third-order valence-corrected chi connectivity index (χ3v) is 6.64. The molecular formula is C26H26N4O3S. The van der Waals surface area contributed by atoms with Crippen molar-refractivity contribution < 1.29 is 14.3 Å². The fourth-order valence-corrected chi connectivity index (χ4v) is 4.86. The molecule has 34 heavy (non-hydrogen) atoms. The lowest BCUT2D eigenvalue weighted by Crippen LogP contribution is -2.33. The summed E-state index contributed by atoms with van der Waals surface area (Å²) in [7, 11) is 1.55. The minimum absolute atomic E-state index is 0.0199. The highest BCUT2D eigenvalue weighted by molar-refractivity contribution is 8.15. The van der Waals surface area contributed by atoms with Crippen LogP contribution >= 0.6 is 11.8 Å². The van der Waals surface area contributed by atoms with Crippen molar-refractivity contribution in [2.24, 2.45) is 4.99 Å². The first kappa shape index (κ1) is 23.5. The molecule has 2 amide bonds. The molecule has 1 aliphatic rings. The lowest BCUT2D eigenvalue weighted by molar-refractivity contribution is -0.128. The van der Waals surface area contributed by atoms with Crippen LogP contribution in [0.5, 0.6) is 5.75 Å². The van der Waals surface area contributed by atoms with Gasteiger partial charge in [0.25, 0.3) is 0 Å². The minimum atomic E-state index is -0.582. The molecule has 1 aliphatic heterocycles. The van der Waals surface area contributed by atoms with E-state index in [1.165, 1.54) is 11.8 Å². The monoisotopic (exact) mass is 474 g/mol. The van der Waals surface area contributed by atoms with Crippen LogP contribution in [0.15, 0.2) is 71.9 Å². The third kappa shape index (κ3) is 5.28. The number of pyridine rings is 1. The van der Waals surface area contributed by atoms with E-state index in [1.54, 1.807) is 30.3 Å². The molecule has 0 aliphatic carbocycles. The van der Waals surface area contributed by atoms with Crippen LogP contribution in [0.25, 0.3) is 0 Å². The molecule has 3 aromatic rings. The number of benzene rings is 2. The van der Waals surface area contributed by atoms with E-state index in [1.807, 2.05) is 62.4 Å². The summed E-state index contributed by atoms with van der Waals surface area (Å²) in [6.45, 7) is 4.28. The van der Waals surface area contributed by atoms with Crippen molar-refractivity contribution in [1.29, 1.82) is 0 Å². The van der Waals surface area contributed by atoms with Crippen molar-refractivity contribution in [2.75, 3.05) is 12.4 Å². The summed E-state index contributed by atoms with van der Waals surface area (Å²) in [6.07, 6.45) is 1.72. The zero-order chi connectivity index (χ0) is 24.1. The summed E-state index contributed by atoms with van der Waals surface area (Å²) < 4.78 is 5.31. The molecule has 0 bridgehead atoms. The molecule has 2 aromatic carbocycles. The average Bonchev–Trinajstić information content (AvgIpc) is 3.11. The first-order valence-corrected chi connectivity index (χ1v) is 11.8. The van der Waals surface area contributed by atoms with Crippen molar-refractivity contribution in [1.82, 2.24) is 9.88 Å². The topological polar surface area (TPSA) is 83.9 Å². The zero-order valence-electron chi connectivity index (χ0n) is 19.3. The van der Waals surface area contributed by atoms with Gasteiger partial charge in [-0.2, -0.15) is 0 Å². The number of thioether (sulfide) groups is 1. The first-order valence-electron chi connectivity index (χ1n) is 10.9. The second kappa shape index (κ2) is 10.5. The van der Waals surface area contributed by atoms with Crippen LogP contribution in [0.4, 0.5) is 11.4 Å². The SMILES string of the molecule is COc1ccccc1NC(=O)CC1SC(=Nc2c(C)cccc2C)N(Cc2ccccn2)C1=O. The molecule has 0 saturated carbocycles. The van der Waals surface area contributed by atoms with Gasteiger partial charge in [-0.25, -0.2) is 4.99 Å². The Kier molecular flexibility index (Phi) is 7.27. The summed E-state index contributed by atoms with van der Waals surface area (Å²) in [5.41, 5.74) is 4.21. The number of carbonyl (C=O) groups is 2. The first-order chi connectivity index (χ1) is 16.5. The predicted octanol–water partition coefficient (Wildman–Crippen LogP) is 4.87. The van der Waals surface area contributed by atoms with Gasteiger partial charge in [0.2, 0.25) is 11.8 Å². The van der Waals surface area contributed by atoms with E-state index in [0.29, 0.717) is 23.1 Å². The quantitative estimate of drug-likeness (QED) is 0.528. The van der Waals surface area contributed by atoms with Crippen LogP contribution < -0.4 is 10.1 Å². The Hall–Kier alpha value is -3.65. The smallest absolute Gasteiger partial charge is 0.243 e. The number of para-hydroxylation sites is 3. The Balaban J connectivity index is 1.59. The number of methoxy groups -OCH3 is 1. The van der Waals surface area contributed by atoms with Gasteiger partial charge in [-0.3, -0.25) is 19.5 Å². The van der Waals surface area contributed by atoms with Gasteiger partial charge in [-0.1, -0.05) is 48.2 Å². The molecule has 1 saturated heterocycles. The lowest BCUT2D eigenvalue weighted by Gasteiger charge is -2.17.